The predicted molar refractivity (Wildman–Crippen MR) is 93.3 cm³/mol. The molecule has 0 bridgehead atoms. The van der Waals surface area contributed by atoms with Crippen LogP contribution in [0.3, 0.4) is 0 Å². The Bertz CT molecular complexity index is 884. The van der Waals surface area contributed by atoms with Gasteiger partial charge in [0.25, 0.3) is 11.8 Å². The lowest BCUT2D eigenvalue weighted by atomic mass is 10.0. The van der Waals surface area contributed by atoms with E-state index in [9.17, 15) is 9.59 Å². The normalized spacial score (nSPS) is 21.3. The third-order valence-electron chi connectivity index (χ3n) is 4.23. The number of benzene rings is 1. The molecule has 126 valence electrons. The zero-order chi connectivity index (χ0) is 17.4. The summed E-state index contributed by atoms with van der Waals surface area (Å²) >= 11 is 0. The molecule has 3 aliphatic heterocycles. The summed E-state index contributed by atoms with van der Waals surface area (Å²) in [6, 6.07) is 6.46. The van der Waals surface area contributed by atoms with Gasteiger partial charge in [-0.1, -0.05) is 12.1 Å². The molecule has 1 aromatic carbocycles. The van der Waals surface area contributed by atoms with Crippen LogP contribution in [0.5, 0.6) is 5.75 Å². The van der Waals surface area contributed by atoms with Gasteiger partial charge in [-0.15, -0.1) is 0 Å². The van der Waals surface area contributed by atoms with E-state index in [0.29, 0.717) is 22.9 Å². The Labute approximate surface area is 143 Å². The number of likely N-dealkylation sites (N-methyl/N-ethyl adjacent to an activating group) is 1. The van der Waals surface area contributed by atoms with Crippen molar-refractivity contribution in [3.63, 3.8) is 0 Å². The SMILES string of the molecule is CN1C(=O)[C@@H](NC(=O)C2=NC=C3C=NN=C3C2)COc2ccccc21. The largest absolute Gasteiger partial charge is 0.489 e. The third-order valence-corrected chi connectivity index (χ3v) is 4.23. The molecule has 0 aliphatic carbocycles. The maximum Gasteiger partial charge on any atom is 0.266 e. The van der Waals surface area contributed by atoms with Gasteiger partial charge in [0.1, 0.15) is 24.1 Å². The first kappa shape index (κ1) is 15.3. The molecule has 3 heterocycles. The summed E-state index contributed by atoms with van der Waals surface area (Å²) in [6.07, 6.45) is 3.44. The molecule has 25 heavy (non-hydrogen) atoms. The molecule has 0 spiro atoms. The number of hydrogen-bond donors (Lipinski definition) is 1. The highest BCUT2D eigenvalue weighted by molar-refractivity contribution is 6.45. The molecular formula is C17H15N5O3. The Kier molecular flexibility index (Phi) is 3.64. The molecular weight excluding hydrogens is 322 g/mol. The van der Waals surface area contributed by atoms with Crippen molar-refractivity contribution in [3.05, 3.63) is 36.0 Å². The molecule has 0 unspecified atom stereocenters. The zero-order valence-electron chi connectivity index (χ0n) is 13.5. The Balaban J connectivity index is 1.50. The number of ether oxygens (including phenoxy) is 1. The van der Waals surface area contributed by atoms with Gasteiger partial charge in [-0.25, -0.2) is 0 Å². The van der Waals surface area contributed by atoms with Gasteiger partial charge < -0.3 is 15.0 Å². The van der Waals surface area contributed by atoms with Gasteiger partial charge in [-0.05, 0) is 12.1 Å². The number of amides is 2. The van der Waals surface area contributed by atoms with Gasteiger partial charge >= 0.3 is 0 Å². The second-order valence-electron chi connectivity index (χ2n) is 5.83. The molecule has 0 saturated carbocycles. The Morgan fingerprint density at radius 1 is 1.36 bits per heavy atom. The summed E-state index contributed by atoms with van der Waals surface area (Å²) in [7, 11) is 1.66. The number of anilines is 1. The first-order chi connectivity index (χ1) is 12.1. The minimum Gasteiger partial charge on any atom is -0.489 e. The van der Waals surface area contributed by atoms with Crippen LogP contribution in [0.25, 0.3) is 0 Å². The standard InChI is InChI=1S/C17H15N5O3/c1-22-14-4-2-3-5-15(14)25-9-13(17(22)24)20-16(23)12-6-11-10(7-18-12)8-19-21-11/h2-5,7-8,13H,6,9H2,1H3,(H,20,23)/t13-/m0/s1. The Morgan fingerprint density at radius 3 is 3.08 bits per heavy atom. The van der Waals surface area contributed by atoms with E-state index in [2.05, 4.69) is 20.5 Å². The molecule has 8 nitrogen and oxygen atoms in total. The van der Waals surface area contributed by atoms with Crippen LogP contribution in [0.4, 0.5) is 5.69 Å². The van der Waals surface area contributed by atoms with Crippen LogP contribution in [-0.2, 0) is 9.59 Å². The van der Waals surface area contributed by atoms with E-state index < -0.39 is 11.9 Å². The number of rotatable bonds is 2. The molecule has 1 aromatic rings. The molecule has 1 N–H and O–H groups in total. The molecule has 3 aliphatic rings. The number of hydrogen-bond acceptors (Lipinski definition) is 6. The first-order valence-electron chi connectivity index (χ1n) is 7.81. The van der Waals surface area contributed by atoms with Crippen LogP contribution < -0.4 is 15.0 Å². The van der Waals surface area contributed by atoms with Crippen LogP contribution in [0.1, 0.15) is 6.42 Å². The lowest BCUT2D eigenvalue weighted by molar-refractivity contribution is -0.124. The number of allylic oxidation sites excluding steroid dienone is 1. The maximum absolute atomic E-state index is 12.6. The van der Waals surface area contributed by atoms with Gasteiger partial charge in [-0.3, -0.25) is 14.6 Å². The highest BCUT2D eigenvalue weighted by Crippen LogP contribution is 2.29. The number of fused-ring (bicyclic) bond motifs is 2. The fourth-order valence-electron chi connectivity index (χ4n) is 2.83. The monoisotopic (exact) mass is 337 g/mol. The molecule has 4 rings (SSSR count). The summed E-state index contributed by atoms with van der Waals surface area (Å²) in [5, 5.41) is 10.5. The zero-order valence-corrected chi connectivity index (χ0v) is 13.5. The van der Waals surface area contributed by atoms with Crippen molar-refractivity contribution in [1.29, 1.82) is 0 Å². The minimum atomic E-state index is -0.792. The molecule has 0 fully saturated rings. The maximum atomic E-state index is 12.6. The summed E-state index contributed by atoms with van der Waals surface area (Å²) in [6.45, 7) is 0.0599. The van der Waals surface area contributed by atoms with Crippen LogP contribution in [0.15, 0.2) is 51.2 Å². The third kappa shape index (κ3) is 2.71. The molecule has 0 saturated heterocycles. The molecule has 0 aromatic heterocycles. The summed E-state index contributed by atoms with van der Waals surface area (Å²) in [5.74, 6) is -0.0474. The molecule has 2 amide bonds. The van der Waals surface area contributed by atoms with Gasteiger partial charge in [0.15, 0.2) is 0 Å². The van der Waals surface area contributed by atoms with E-state index in [1.54, 1.807) is 31.6 Å². The number of nitrogens with one attached hydrogen (secondary N) is 1. The predicted octanol–water partition coefficient (Wildman–Crippen LogP) is 0.696. The number of para-hydroxylation sites is 2. The van der Waals surface area contributed by atoms with Gasteiger partial charge in [0.2, 0.25) is 0 Å². The Hall–Kier alpha value is -3.29. The van der Waals surface area contributed by atoms with Gasteiger partial charge in [-0.2, -0.15) is 10.2 Å². The summed E-state index contributed by atoms with van der Waals surface area (Å²) < 4.78 is 5.69. The molecule has 8 heteroatoms. The van der Waals surface area contributed by atoms with Crippen molar-refractivity contribution in [2.24, 2.45) is 15.2 Å². The van der Waals surface area contributed by atoms with Crippen molar-refractivity contribution in [1.82, 2.24) is 5.32 Å². The number of nitrogens with zero attached hydrogens (tertiary/aromatic N) is 4. The van der Waals surface area contributed by atoms with E-state index in [1.165, 1.54) is 4.90 Å². The summed E-state index contributed by atoms with van der Waals surface area (Å²) in [4.78, 5) is 30.8. The molecule has 1 atom stereocenters. The topological polar surface area (TPSA) is 95.7 Å². The van der Waals surface area contributed by atoms with Crippen molar-refractivity contribution in [3.8, 4) is 5.75 Å². The Morgan fingerprint density at radius 2 is 2.20 bits per heavy atom. The fraction of sp³-hybridized carbons (Fsp3) is 0.235. The van der Waals surface area contributed by atoms with Crippen molar-refractivity contribution in [2.45, 2.75) is 12.5 Å². The fourth-order valence-corrected chi connectivity index (χ4v) is 2.83. The lowest BCUT2D eigenvalue weighted by Crippen LogP contribution is -2.51. The number of aliphatic imine (C=N–C) groups is 1. The lowest BCUT2D eigenvalue weighted by Gasteiger charge is -2.21. The van der Waals surface area contributed by atoms with Gasteiger partial charge in [0.05, 0.1) is 17.6 Å². The summed E-state index contributed by atoms with van der Waals surface area (Å²) in [5.41, 5.74) is 2.48. The van der Waals surface area contributed by atoms with Crippen LogP contribution in [0, 0.1) is 0 Å². The average molecular weight is 337 g/mol. The average Bonchev–Trinajstić information content (AvgIpc) is 3.07. The van der Waals surface area contributed by atoms with Crippen LogP contribution >= 0.6 is 0 Å². The smallest absolute Gasteiger partial charge is 0.266 e. The van der Waals surface area contributed by atoms with Gasteiger partial charge in [0, 0.05) is 25.2 Å². The second kappa shape index (κ2) is 5.97. The van der Waals surface area contributed by atoms with Crippen LogP contribution in [-0.4, -0.2) is 49.1 Å². The van der Waals surface area contributed by atoms with E-state index in [0.717, 1.165) is 5.57 Å². The number of carbonyl (C=O) groups excluding carboxylic acids is 2. The van der Waals surface area contributed by atoms with Crippen LogP contribution in [0.2, 0.25) is 0 Å². The number of carbonyl (C=O) groups is 2. The van der Waals surface area contributed by atoms with Crippen molar-refractivity contribution in [2.75, 3.05) is 18.6 Å². The minimum absolute atomic E-state index is 0.0599. The van der Waals surface area contributed by atoms with Crippen molar-refractivity contribution >= 4 is 35.1 Å². The van der Waals surface area contributed by atoms with E-state index in [1.807, 2.05) is 12.1 Å². The molecule has 0 radical (unpaired) electrons. The first-order valence-corrected chi connectivity index (χ1v) is 7.81. The second-order valence-corrected chi connectivity index (χ2v) is 5.83. The van der Waals surface area contributed by atoms with E-state index >= 15 is 0 Å². The van der Waals surface area contributed by atoms with E-state index in [4.69, 9.17) is 4.74 Å². The van der Waals surface area contributed by atoms with E-state index in [-0.39, 0.29) is 18.9 Å². The highest BCUT2D eigenvalue weighted by Gasteiger charge is 2.32. The highest BCUT2D eigenvalue weighted by atomic mass is 16.5. The quantitative estimate of drug-likeness (QED) is 0.860. The van der Waals surface area contributed by atoms with Crippen molar-refractivity contribution < 1.29 is 14.3 Å².